The minimum Gasteiger partial charge on any atom is -0.388 e. The highest BCUT2D eigenvalue weighted by Crippen LogP contribution is 2.02. The van der Waals surface area contributed by atoms with E-state index in [0.717, 1.165) is 31.8 Å². The first kappa shape index (κ1) is 12.7. The summed E-state index contributed by atoms with van der Waals surface area (Å²) in [6.45, 7) is 1.88. The molecule has 1 aromatic rings. The largest absolute Gasteiger partial charge is 0.388 e. The average Bonchev–Trinajstić information content (AvgIpc) is 2.59. The lowest BCUT2D eigenvalue weighted by molar-refractivity contribution is 0.308. The van der Waals surface area contributed by atoms with Crippen molar-refractivity contribution in [1.82, 2.24) is 14.5 Å². The number of hydrogen-bond acceptors (Lipinski definition) is 3. The molecule has 0 saturated carbocycles. The number of unbranched alkanes of at least 4 members (excludes halogenated alkanes) is 1. The Morgan fingerprint density at radius 2 is 2.31 bits per heavy atom. The summed E-state index contributed by atoms with van der Waals surface area (Å²) in [5.41, 5.74) is 5.30. The summed E-state index contributed by atoms with van der Waals surface area (Å²) < 4.78 is 2.03. The van der Waals surface area contributed by atoms with Crippen LogP contribution in [0.2, 0.25) is 0 Å². The van der Waals surface area contributed by atoms with Gasteiger partial charge in [0.1, 0.15) is 5.82 Å². The van der Waals surface area contributed by atoms with Crippen LogP contribution in [0.3, 0.4) is 0 Å². The molecule has 0 saturated heterocycles. The Kier molecular flexibility index (Phi) is 4.98. The molecule has 0 aliphatic rings. The highest BCUT2D eigenvalue weighted by molar-refractivity contribution is 5.76. The van der Waals surface area contributed by atoms with Crippen LogP contribution in [0.1, 0.15) is 25.1 Å². The second kappa shape index (κ2) is 6.27. The zero-order chi connectivity index (χ0) is 12.0. The first-order valence-corrected chi connectivity index (χ1v) is 5.57. The molecule has 5 nitrogen and oxygen atoms in total. The van der Waals surface area contributed by atoms with E-state index in [1.807, 2.05) is 24.0 Å². The van der Waals surface area contributed by atoms with Gasteiger partial charge in [-0.05, 0) is 26.4 Å². The molecule has 16 heavy (non-hydrogen) atoms. The maximum atomic E-state index is 7.12. The van der Waals surface area contributed by atoms with Crippen LogP contribution in [-0.4, -0.2) is 33.9 Å². The molecule has 0 aliphatic heterocycles. The molecule has 0 amide bonds. The van der Waals surface area contributed by atoms with Gasteiger partial charge in [0, 0.05) is 25.9 Å². The third-order valence-corrected chi connectivity index (χ3v) is 2.57. The Hall–Kier alpha value is -1.36. The fraction of sp³-hybridized carbons (Fsp3) is 0.636. The van der Waals surface area contributed by atoms with Crippen LogP contribution in [0.25, 0.3) is 0 Å². The van der Waals surface area contributed by atoms with Gasteiger partial charge in [0.05, 0.1) is 12.4 Å². The number of nitrogens with one attached hydrogen (secondary N) is 1. The van der Waals surface area contributed by atoms with Crippen LogP contribution in [0.4, 0.5) is 0 Å². The SMILES string of the molecule is CN(CCCCC(=N)N)Cc1nccn1C. The summed E-state index contributed by atoms with van der Waals surface area (Å²) >= 11 is 0. The fourth-order valence-corrected chi connectivity index (χ4v) is 1.57. The van der Waals surface area contributed by atoms with E-state index >= 15 is 0 Å². The molecule has 90 valence electrons. The van der Waals surface area contributed by atoms with Crippen LogP contribution < -0.4 is 5.73 Å². The number of hydrogen-bond donors (Lipinski definition) is 2. The number of amidine groups is 1. The predicted octanol–water partition coefficient (Wildman–Crippen LogP) is 0.958. The Morgan fingerprint density at radius 1 is 1.56 bits per heavy atom. The first-order chi connectivity index (χ1) is 7.59. The highest BCUT2D eigenvalue weighted by Gasteiger charge is 2.03. The Labute approximate surface area is 96.8 Å². The molecule has 5 heteroatoms. The molecule has 1 aromatic heterocycles. The summed E-state index contributed by atoms with van der Waals surface area (Å²) in [6.07, 6.45) is 6.54. The van der Waals surface area contributed by atoms with E-state index in [1.54, 1.807) is 0 Å². The summed E-state index contributed by atoms with van der Waals surface area (Å²) in [5.74, 6) is 1.36. The normalized spacial score (nSPS) is 10.9. The van der Waals surface area contributed by atoms with Crippen LogP contribution >= 0.6 is 0 Å². The summed E-state index contributed by atoms with van der Waals surface area (Å²) in [6, 6.07) is 0. The molecule has 0 aromatic carbocycles. The second-order valence-electron chi connectivity index (χ2n) is 4.17. The molecule has 0 fully saturated rings. The first-order valence-electron chi connectivity index (χ1n) is 5.57. The molecule has 0 spiro atoms. The van der Waals surface area contributed by atoms with Crippen molar-refractivity contribution < 1.29 is 0 Å². The molecule has 0 unspecified atom stereocenters. The zero-order valence-corrected chi connectivity index (χ0v) is 10.1. The van der Waals surface area contributed by atoms with Crippen LogP contribution in [0.15, 0.2) is 12.4 Å². The van der Waals surface area contributed by atoms with Gasteiger partial charge in [-0.25, -0.2) is 4.98 Å². The van der Waals surface area contributed by atoms with E-state index in [0.29, 0.717) is 6.42 Å². The van der Waals surface area contributed by atoms with Crippen molar-refractivity contribution in [2.45, 2.75) is 25.8 Å². The van der Waals surface area contributed by atoms with Gasteiger partial charge in [0.15, 0.2) is 0 Å². The minimum atomic E-state index is 0.284. The van der Waals surface area contributed by atoms with E-state index in [9.17, 15) is 0 Å². The fourth-order valence-electron chi connectivity index (χ4n) is 1.57. The number of aromatic nitrogens is 2. The monoisotopic (exact) mass is 223 g/mol. The zero-order valence-electron chi connectivity index (χ0n) is 10.1. The molecule has 1 heterocycles. The minimum absolute atomic E-state index is 0.284. The number of aryl methyl sites for hydroxylation is 1. The molecule has 0 radical (unpaired) electrons. The van der Waals surface area contributed by atoms with Crippen LogP contribution in [0.5, 0.6) is 0 Å². The number of rotatable bonds is 7. The van der Waals surface area contributed by atoms with Gasteiger partial charge in [-0.1, -0.05) is 0 Å². The van der Waals surface area contributed by atoms with Crippen LogP contribution in [-0.2, 0) is 13.6 Å². The van der Waals surface area contributed by atoms with Gasteiger partial charge in [-0.15, -0.1) is 0 Å². The van der Waals surface area contributed by atoms with Crippen molar-refractivity contribution in [2.75, 3.05) is 13.6 Å². The quantitative estimate of drug-likeness (QED) is 0.411. The lowest BCUT2D eigenvalue weighted by Crippen LogP contribution is -2.21. The van der Waals surface area contributed by atoms with E-state index in [2.05, 4.69) is 16.9 Å². The number of nitrogens with two attached hydrogens (primary N) is 1. The maximum Gasteiger partial charge on any atom is 0.122 e. The van der Waals surface area contributed by atoms with Crippen molar-refractivity contribution >= 4 is 5.84 Å². The van der Waals surface area contributed by atoms with Gasteiger partial charge in [-0.3, -0.25) is 10.3 Å². The van der Waals surface area contributed by atoms with Crippen molar-refractivity contribution in [3.8, 4) is 0 Å². The molecular formula is C11H21N5. The van der Waals surface area contributed by atoms with E-state index in [4.69, 9.17) is 11.1 Å². The maximum absolute atomic E-state index is 7.12. The standard InChI is InChI=1S/C11H21N5/c1-15(7-4-3-5-10(12)13)9-11-14-6-8-16(11)2/h6,8H,3-5,7,9H2,1-2H3,(H3,12,13). The summed E-state index contributed by atoms with van der Waals surface area (Å²) in [5, 5.41) is 7.12. The lowest BCUT2D eigenvalue weighted by Gasteiger charge is -2.15. The molecular weight excluding hydrogens is 202 g/mol. The third-order valence-electron chi connectivity index (χ3n) is 2.57. The van der Waals surface area contributed by atoms with Gasteiger partial charge >= 0.3 is 0 Å². The molecule has 3 N–H and O–H groups in total. The average molecular weight is 223 g/mol. The summed E-state index contributed by atoms with van der Waals surface area (Å²) in [7, 11) is 4.09. The van der Waals surface area contributed by atoms with Gasteiger partial charge in [0.2, 0.25) is 0 Å². The Bertz CT molecular complexity index is 331. The van der Waals surface area contributed by atoms with E-state index < -0.39 is 0 Å². The van der Waals surface area contributed by atoms with Gasteiger partial charge in [0.25, 0.3) is 0 Å². The number of nitrogens with zero attached hydrogens (tertiary/aromatic N) is 3. The second-order valence-corrected chi connectivity index (χ2v) is 4.17. The molecule has 1 rings (SSSR count). The lowest BCUT2D eigenvalue weighted by atomic mass is 10.2. The van der Waals surface area contributed by atoms with Gasteiger partial charge < -0.3 is 10.3 Å². The van der Waals surface area contributed by atoms with Crippen molar-refractivity contribution in [3.63, 3.8) is 0 Å². The topological polar surface area (TPSA) is 70.9 Å². The van der Waals surface area contributed by atoms with Crippen molar-refractivity contribution in [1.29, 1.82) is 5.41 Å². The summed E-state index contributed by atoms with van der Waals surface area (Å²) in [4.78, 5) is 6.52. The molecule has 0 bridgehead atoms. The van der Waals surface area contributed by atoms with E-state index in [1.165, 1.54) is 0 Å². The highest BCUT2D eigenvalue weighted by atomic mass is 15.1. The third kappa shape index (κ3) is 4.44. The molecule has 0 atom stereocenters. The van der Waals surface area contributed by atoms with Gasteiger partial charge in [-0.2, -0.15) is 0 Å². The Morgan fingerprint density at radius 3 is 2.88 bits per heavy atom. The Balaban J connectivity index is 2.19. The van der Waals surface area contributed by atoms with Crippen molar-refractivity contribution in [3.05, 3.63) is 18.2 Å². The smallest absolute Gasteiger partial charge is 0.122 e. The molecule has 0 aliphatic carbocycles. The van der Waals surface area contributed by atoms with Crippen LogP contribution in [0, 0.1) is 5.41 Å². The number of imidazole rings is 1. The predicted molar refractivity (Wildman–Crippen MR) is 65.3 cm³/mol. The van der Waals surface area contributed by atoms with E-state index in [-0.39, 0.29) is 5.84 Å². The van der Waals surface area contributed by atoms with Crippen molar-refractivity contribution in [2.24, 2.45) is 12.8 Å².